The Morgan fingerprint density at radius 3 is 2.71 bits per heavy atom. The van der Waals surface area contributed by atoms with Crippen molar-refractivity contribution in [2.24, 2.45) is 5.92 Å². The van der Waals surface area contributed by atoms with E-state index in [9.17, 15) is 14.3 Å². The number of fused-ring (bicyclic) bond motifs is 1. The van der Waals surface area contributed by atoms with E-state index in [0.29, 0.717) is 29.8 Å². The van der Waals surface area contributed by atoms with E-state index in [1.807, 2.05) is 33.0 Å². The predicted molar refractivity (Wildman–Crippen MR) is 131 cm³/mol. The zero-order valence-corrected chi connectivity index (χ0v) is 20.3. The lowest BCUT2D eigenvalue weighted by Crippen LogP contribution is -2.49. The van der Waals surface area contributed by atoms with Crippen molar-refractivity contribution in [1.82, 2.24) is 19.8 Å². The number of carbonyl (C=O) groups excluding carboxylic acids is 1. The van der Waals surface area contributed by atoms with Gasteiger partial charge in [0.25, 0.3) is 5.91 Å². The number of benzene rings is 1. The monoisotopic (exact) mass is 478 g/mol. The van der Waals surface area contributed by atoms with Gasteiger partial charge in [0, 0.05) is 49.7 Å². The van der Waals surface area contributed by atoms with Gasteiger partial charge in [-0.3, -0.25) is 14.7 Å². The molecule has 8 heteroatoms. The molecule has 1 amide bonds. The number of carbonyl (C=O) groups is 1. The van der Waals surface area contributed by atoms with Gasteiger partial charge in [0.05, 0.1) is 12.6 Å². The highest BCUT2D eigenvalue weighted by atomic mass is 19.1. The minimum atomic E-state index is -0.371. The normalized spacial score (nSPS) is 19.0. The summed E-state index contributed by atoms with van der Waals surface area (Å²) >= 11 is 0. The SMILES string of the molecule is C[C@H](CO)N1C[C@H](C)[C@@H](CN(C)Cc2ccncc2)Oc2ncc(-c3cccc(F)c3)cc2C1=O. The number of pyridine rings is 2. The molecule has 184 valence electrons. The summed E-state index contributed by atoms with van der Waals surface area (Å²) in [5.74, 6) is -0.383. The van der Waals surface area contributed by atoms with Gasteiger partial charge in [0.15, 0.2) is 0 Å². The lowest BCUT2D eigenvalue weighted by Gasteiger charge is -2.37. The quantitative estimate of drug-likeness (QED) is 0.559. The van der Waals surface area contributed by atoms with E-state index in [-0.39, 0.29) is 42.3 Å². The average molecular weight is 479 g/mol. The van der Waals surface area contributed by atoms with E-state index in [0.717, 1.165) is 12.1 Å². The predicted octanol–water partition coefficient (Wildman–Crippen LogP) is 3.63. The van der Waals surface area contributed by atoms with E-state index in [2.05, 4.69) is 14.9 Å². The number of aliphatic hydroxyl groups excluding tert-OH is 1. The number of rotatable bonds is 7. The van der Waals surface area contributed by atoms with Gasteiger partial charge in [-0.15, -0.1) is 0 Å². The first kappa shape index (κ1) is 24.8. The first-order valence-corrected chi connectivity index (χ1v) is 11.8. The number of aliphatic hydroxyl groups is 1. The van der Waals surface area contributed by atoms with E-state index < -0.39 is 0 Å². The summed E-state index contributed by atoms with van der Waals surface area (Å²) in [5.41, 5.74) is 2.70. The van der Waals surface area contributed by atoms with Crippen LogP contribution in [0.4, 0.5) is 4.39 Å². The molecule has 3 heterocycles. The fourth-order valence-electron chi connectivity index (χ4n) is 4.32. The number of amides is 1. The van der Waals surface area contributed by atoms with Crippen LogP contribution in [0.3, 0.4) is 0 Å². The van der Waals surface area contributed by atoms with E-state index in [4.69, 9.17) is 4.74 Å². The van der Waals surface area contributed by atoms with E-state index >= 15 is 0 Å². The van der Waals surface area contributed by atoms with Gasteiger partial charge in [-0.2, -0.15) is 0 Å². The van der Waals surface area contributed by atoms with Gasteiger partial charge >= 0.3 is 0 Å². The zero-order chi connectivity index (χ0) is 24.9. The van der Waals surface area contributed by atoms with Crippen LogP contribution in [0.1, 0.15) is 29.8 Å². The molecule has 0 aliphatic carbocycles. The topological polar surface area (TPSA) is 78.8 Å². The molecule has 7 nitrogen and oxygen atoms in total. The van der Waals surface area contributed by atoms with Crippen molar-refractivity contribution >= 4 is 5.91 Å². The van der Waals surface area contributed by atoms with Crippen LogP contribution < -0.4 is 4.74 Å². The molecule has 3 atom stereocenters. The number of aromatic nitrogens is 2. The molecule has 1 aliphatic rings. The van der Waals surface area contributed by atoms with E-state index in [1.165, 1.54) is 12.1 Å². The van der Waals surface area contributed by atoms with E-state index in [1.54, 1.807) is 41.7 Å². The van der Waals surface area contributed by atoms with Crippen LogP contribution in [-0.4, -0.2) is 69.7 Å². The largest absolute Gasteiger partial charge is 0.472 e. The third-order valence-electron chi connectivity index (χ3n) is 6.37. The third kappa shape index (κ3) is 5.83. The van der Waals surface area contributed by atoms with Crippen LogP contribution in [0.5, 0.6) is 5.88 Å². The molecule has 0 spiro atoms. The summed E-state index contributed by atoms with van der Waals surface area (Å²) in [6.07, 6.45) is 4.90. The minimum absolute atomic E-state index is 0.00862. The summed E-state index contributed by atoms with van der Waals surface area (Å²) in [7, 11) is 2.02. The van der Waals surface area contributed by atoms with Gasteiger partial charge in [-0.25, -0.2) is 9.37 Å². The van der Waals surface area contributed by atoms with Gasteiger partial charge in [0.2, 0.25) is 5.88 Å². The Balaban J connectivity index is 1.66. The van der Waals surface area contributed by atoms with Crippen molar-refractivity contribution in [3.05, 3.63) is 78.0 Å². The highest BCUT2D eigenvalue weighted by Gasteiger charge is 2.34. The van der Waals surface area contributed by atoms with Crippen LogP contribution >= 0.6 is 0 Å². The Morgan fingerprint density at radius 2 is 2.00 bits per heavy atom. The molecule has 0 saturated heterocycles. The molecule has 3 aromatic rings. The summed E-state index contributed by atoms with van der Waals surface area (Å²) in [5, 5.41) is 9.84. The average Bonchev–Trinajstić information content (AvgIpc) is 2.86. The van der Waals surface area contributed by atoms with Gasteiger partial charge in [-0.1, -0.05) is 19.1 Å². The molecule has 1 aromatic carbocycles. The summed E-state index contributed by atoms with van der Waals surface area (Å²) in [6, 6.07) is 11.5. The Hall–Kier alpha value is -3.36. The van der Waals surface area contributed by atoms with Crippen LogP contribution in [0.25, 0.3) is 11.1 Å². The molecular weight excluding hydrogens is 447 g/mol. The third-order valence-corrected chi connectivity index (χ3v) is 6.37. The van der Waals surface area contributed by atoms with Crippen molar-refractivity contribution in [2.75, 3.05) is 26.7 Å². The maximum atomic E-state index is 13.8. The van der Waals surface area contributed by atoms with Gasteiger partial charge < -0.3 is 14.7 Å². The minimum Gasteiger partial charge on any atom is -0.472 e. The summed E-state index contributed by atoms with van der Waals surface area (Å²) in [4.78, 5) is 26.0. The first-order valence-electron chi connectivity index (χ1n) is 11.8. The van der Waals surface area contributed by atoms with Crippen LogP contribution in [0.15, 0.2) is 61.1 Å². The van der Waals surface area contributed by atoms with Crippen molar-refractivity contribution in [1.29, 1.82) is 0 Å². The highest BCUT2D eigenvalue weighted by Crippen LogP contribution is 2.30. The Bertz CT molecular complexity index is 1160. The number of nitrogens with zero attached hydrogens (tertiary/aromatic N) is 4. The molecule has 0 bridgehead atoms. The lowest BCUT2D eigenvalue weighted by atomic mass is 9.99. The highest BCUT2D eigenvalue weighted by molar-refractivity contribution is 5.98. The second-order valence-corrected chi connectivity index (χ2v) is 9.26. The second-order valence-electron chi connectivity index (χ2n) is 9.26. The molecule has 0 unspecified atom stereocenters. The summed E-state index contributed by atoms with van der Waals surface area (Å²) in [6.45, 7) is 5.48. The molecule has 1 N–H and O–H groups in total. The molecule has 0 radical (unpaired) electrons. The number of hydrogen-bond donors (Lipinski definition) is 1. The number of hydrogen-bond acceptors (Lipinski definition) is 6. The fourth-order valence-corrected chi connectivity index (χ4v) is 4.32. The Kier molecular flexibility index (Phi) is 7.73. The lowest BCUT2D eigenvalue weighted by molar-refractivity contribution is 0.0325. The van der Waals surface area contributed by atoms with Crippen molar-refractivity contribution < 1.29 is 19.0 Å². The molecule has 0 saturated carbocycles. The molecule has 35 heavy (non-hydrogen) atoms. The number of ether oxygens (including phenoxy) is 1. The summed E-state index contributed by atoms with van der Waals surface area (Å²) < 4.78 is 20.2. The van der Waals surface area contributed by atoms with Gasteiger partial charge in [0.1, 0.15) is 17.5 Å². The van der Waals surface area contributed by atoms with Crippen molar-refractivity contribution in [3.63, 3.8) is 0 Å². The van der Waals surface area contributed by atoms with Crippen LogP contribution in [-0.2, 0) is 6.54 Å². The van der Waals surface area contributed by atoms with Crippen LogP contribution in [0.2, 0.25) is 0 Å². The maximum Gasteiger partial charge on any atom is 0.259 e. The molecule has 0 fully saturated rings. The van der Waals surface area contributed by atoms with Crippen LogP contribution in [0, 0.1) is 11.7 Å². The molecule has 4 rings (SSSR count). The standard InChI is InChI=1S/C27H31FN4O3/c1-18-14-32(19(2)17-33)27(34)24-12-22(21-5-4-6-23(28)11-21)13-30-26(24)35-25(18)16-31(3)15-20-7-9-29-10-8-20/h4-13,18-19,25,33H,14-17H2,1-3H3/t18-,19+,25+/m0/s1. The number of halogens is 1. The Morgan fingerprint density at radius 1 is 1.23 bits per heavy atom. The van der Waals surface area contributed by atoms with Crippen molar-refractivity contribution in [2.45, 2.75) is 32.5 Å². The second kappa shape index (κ2) is 10.9. The molecule has 1 aliphatic heterocycles. The van der Waals surface area contributed by atoms with Gasteiger partial charge in [-0.05, 0) is 55.4 Å². The molecular formula is C27H31FN4O3. The first-order chi connectivity index (χ1) is 16.9. The maximum absolute atomic E-state index is 13.8. The fraction of sp³-hybridized carbons (Fsp3) is 0.370. The van der Waals surface area contributed by atoms with Crippen molar-refractivity contribution in [3.8, 4) is 17.0 Å². The molecule has 2 aromatic heterocycles. The zero-order valence-electron chi connectivity index (χ0n) is 20.3. The number of likely N-dealkylation sites (N-methyl/N-ethyl adjacent to an activating group) is 1. The Labute approximate surface area is 205 Å². The smallest absolute Gasteiger partial charge is 0.259 e.